The molecule has 3 rings (SSSR count). The molecule has 0 saturated heterocycles. The summed E-state index contributed by atoms with van der Waals surface area (Å²) in [4.78, 5) is 12.3. The van der Waals surface area contributed by atoms with Gasteiger partial charge >= 0.3 is 0 Å². The fourth-order valence-electron chi connectivity index (χ4n) is 3.30. The van der Waals surface area contributed by atoms with Crippen LogP contribution in [0.2, 0.25) is 0 Å². The second-order valence-corrected chi connectivity index (χ2v) is 7.73. The van der Waals surface area contributed by atoms with Crippen molar-refractivity contribution in [1.82, 2.24) is 5.32 Å². The third-order valence-electron chi connectivity index (χ3n) is 4.92. The third kappa shape index (κ3) is 5.09. The first kappa shape index (κ1) is 21.6. The summed E-state index contributed by atoms with van der Waals surface area (Å²) in [6.45, 7) is 9.20. The van der Waals surface area contributed by atoms with E-state index in [-0.39, 0.29) is 11.7 Å². The minimum absolute atomic E-state index is 0.123. The summed E-state index contributed by atoms with van der Waals surface area (Å²) in [5.74, 6) is 0.789. The minimum atomic E-state index is -0.284. The Kier molecular flexibility index (Phi) is 6.93. The molecule has 1 aromatic heterocycles. The Morgan fingerprint density at radius 1 is 1.23 bits per heavy atom. The van der Waals surface area contributed by atoms with Crippen LogP contribution in [-0.4, -0.2) is 19.1 Å². The zero-order chi connectivity index (χ0) is 21.7. The Bertz CT molecular complexity index is 1050. The van der Waals surface area contributed by atoms with Gasteiger partial charge in [0.1, 0.15) is 17.1 Å². The number of hydrogen-bond donors (Lipinski definition) is 1. The highest BCUT2D eigenvalue weighted by atomic mass is 19.1. The van der Waals surface area contributed by atoms with Crippen molar-refractivity contribution in [3.8, 4) is 16.9 Å². The molecule has 0 saturated carbocycles. The maximum Gasteiger partial charge on any atom is 0.244 e. The SMILES string of the molecule is CCOc1cc2occ(-c3ccc(F)cc3)c2cc1/C(C)=C/C(=O)NCCC(C)C. The maximum absolute atomic E-state index is 13.3. The Morgan fingerprint density at radius 3 is 2.63 bits per heavy atom. The number of amides is 1. The molecule has 0 radical (unpaired) electrons. The van der Waals surface area contributed by atoms with E-state index in [9.17, 15) is 9.18 Å². The van der Waals surface area contributed by atoms with Crippen molar-refractivity contribution in [2.24, 2.45) is 5.92 Å². The van der Waals surface area contributed by atoms with Crippen LogP contribution < -0.4 is 10.1 Å². The average Bonchev–Trinajstić information content (AvgIpc) is 3.10. The van der Waals surface area contributed by atoms with E-state index < -0.39 is 0 Å². The Balaban J connectivity index is 1.98. The van der Waals surface area contributed by atoms with Gasteiger partial charge in [-0.25, -0.2) is 4.39 Å². The fourth-order valence-corrected chi connectivity index (χ4v) is 3.30. The predicted molar refractivity (Wildman–Crippen MR) is 119 cm³/mol. The van der Waals surface area contributed by atoms with Gasteiger partial charge in [0.2, 0.25) is 5.91 Å². The number of benzene rings is 2. The highest BCUT2D eigenvalue weighted by Gasteiger charge is 2.15. The first-order chi connectivity index (χ1) is 14.4. The first-order valence-corrected chi connectivity index (χ1v) is 10.3. The van der Waals surface area contributed by atoms with Gasteiger partial charge in [0.15, 0.2) is 0 Å². The number of hydrogen-bond acceptors (Lipinski definition) is 3. The summed E-state index contributed by atoms with van der Waals surface area (Å²) >= 11 is 0. The van der Waals surface area contributed by atoms with Gasteiger partial charge in [-0.3, -0.25) is 4.79 Å². The first-order valence-electron chi connectivity index (χ1n) is 10.3. The van der Waals surface area contributed by atoms with Crippen LogP contribution in [0.4, 0.5) is 4.39 Å². The highest BCUT2D eigenvalue weighted by molar-refractivity contribution is 6.00. The topological polar surface area (TPSA) is 51.5 Å². The minimum Gasteiger partial charge on any atom is -0.493 e. The molecular formula is C25H28FNO3. The van der Waals surface area contributed by atoms with Crippen LogP contribution in [0, 0.1) is 11.7 Å². The lowest BCUT2D eigenvalue weighted by Crippen LogP contribution is -2.23. The van der Waals surface area contributed by atoms with E-state index in [4.69, 9.17) is 9.15 Å². The van der Waals surface area contributed by atoms with Crippen LogP contribution in [0.1, 0.15) is 39.7 Å². The average molecular weight is 410 g/mol. The van der Waals surface area contributed by atoms with Crippen LogP contribution in [-0.2, 0) is 4.79 Å². The second-order valence-electron chi connectivity index (χ2n) is 7.73. The van der Waals surface area contributed by atoms with Crippen molar-refractivity contribution < 1.29 is 18.3 Å². The molecule has 0 aliphatic carbocycles. The molecule has 0 atom stereocenters. The number of rotatable bonds is 8. The van der Waals surface area contributed by atoms with Crippen LogP contribution in [0.25, 0.3) is 27.7 Å². The Morgan fingerprint density at radius 2 is 1.97 bits per heavy atom. The number of nitrogens with one attached hydrogen (secondary N) is 1. The van der Waals surface area contributed by atoms with Gasteiger partial charge in [-0.1, -0.05) is 26.0 Å². The van der Waals surface area contributed by atoms with Crippen LogP contribution >= 0.6 is 0 Å². The van der Waals surface area contributed by atoms with Crippen molar-refractivity contribution in [1.29, 1.82) is 0 Å². The van der Waals surface area contributed by atoms with Gasteiger partial charge in [-0.2, -0.15) is 0 Å². The van der Waals surface area contributed by atoms with Crippen LogP contribution in [0.5, 0.6) is 5.75 Å². The molecule has 1 N–H and O–H groups in total. The van der Waals surface area contributed by atoms with E-state index in [0.717, 1.165) is 34.1 Å². The van der Waals surface area contributed by atoms with E-state index in [0.29, 0.717) is 30.4 Å². The molecular weight excluding hydrogens is 381 g/mol. The van der Waals surface area contributed by atoms with E-state index in [1.165, 1.54) is 12.1 Å². The summed E-state index contributed by atoms with van der Waals surface area (Å²) in [7, 11) is 0. The van der Waals surface area contributed by atoms with Crippen molar-refractivity contribution in [2.75, 3.05) is 13.2 Å². The number of halogens is 1. The Hall–Kier alpha value is -3.08. The summed E-state index contributed by atoms with van der Waals surface area (Å²) in [5.41, 5.74) is 4.03. The van der Waals surface area contributed by atoms with Gasteiger partial charge in [0.05, 0.1) is 12.9 Å². The van der Waals surface area contributed by atoms with E-state index in [2.05, 4.69) is 19.2 Å². The van der Waals surface area contributed by atoms with Crippen molar-refractivity contribution in [2.45, 2.75) is 34.1 Å². The molecule has 0 unspecified atom stereocenters. The van der Waals surface area contributed by atoms with Gasteiger partial charge in [-0.05, 0) is 55.5 Å². The van der Waals surface area contributed by atoms with E-state index >= 15 is 0 Å². The molecule has 5 heteroatoms. The normalized spacial score (nSPS) is 11.9. The zero-order valence-corrected chi connectivity index (χ0v) is 17.9. The molecule has 2 aromatic carbocycles. The molecule has 4 nitrogen and oxygen atoms in total. The number of ether oxygens (including phenoxy) is 1. The lowest BCUT2D eigenvalue weighted by Gasteiger charge is -2.12. The van der Waals surface area contributed by atoms with Crippen LogP contribution in [0.3, 0.4) is 0 Å². The third-order valence-corrected chi connectivity index (χ3v) is 4.92. The standard InChI is InChI=1S/C25H28FNO3/c1-5-29-23-14-24-21(22(15-30-24)18-6-8-19(26)9-7-18)13-20(23)17(4)12-25(28)27-11-10-16(2)3/h6-9,12-16H,5,10-11H2,1-4H3,(H,27,28)/b17-12+. The molecule has 158 valence electrons. The quantitative estimate of drug-likeness (QED) is 0.451. The maximum atomic E-state index is 13.3. The molecule has 3 aromatic rings. The molecule has 0 aliphatic rings. The molecule has 0 fully saturated rings. The van der Waals surface area contributed by atoms with Gasteiger partial charge < -0.3 is 14.5 Å². The van der Waals surface area contributed by atoms with Crippen molar-refractivity contribution in [3.05, 3.63) is 60.1 Å². The fraction of sp³-hybridized carbons (Fsp3) is 0.320. The lowest BCUT2D eigenvalue weighted by atomic mass is 9.99. The van der Waals surface area contributed by atoms with E-state index in [1.807, 2.05) is 26.0 Å². The number of fused-ring (bicyclic) bond motifs is 1. The summed E-state index contributed by atoms with van der Waals surface area (Å²) in [6.07, 6.45) is 4.20. The summed E-state index contributed by atoms with van der Waals surface area (Å²) in [5, 5.41) is 3.81. The number of allylic oxidation sites excluding steroid dienone is 1. The smallest absolute Gasteiger partial charge is 0.244 e. The monoisotopic (exact) mass is 409 g/mol. The zero-order valence-electron chi connectivity index (χ0n) is 17.9. The largest absolute Gasteiger partial charge is 0.493 e. The van der Waals surface area contributed by atoms with Crippen molar-refractivity contribution >= 4 is 22.4 Å². The number of carbonyl (C=O) groups excluding carboxylic acids is 1. The highest BCUT2D eigenvalue weighted by Crippen LogP contribution is 2.37. The second kappa shape index (κ2) is 9.61. The van der Waals surface area contributed by atoms with Crippen molar-refractivity contribution in [3.63, 3.8) is 0 Å². The molecule has 1 heterocycles. The summed E-state index contributed by atoms with van der Waals surface area (Å²) < 4.78 is 24.9. The Labute approximate surface area is 176 Å². The van der Waals surface area contributed by atoms with Gasteiger partial charge in [0, 0.05) is 35.2 Å². The molecule has 0 bridgehead atoms. The molecule has 1 amide bonds. The van der Waals surface area contributed by atoms with Gasteiger partial charge in [-0.15, -0.1) is 0 Å². The van der Waals surface area contributed by atoms with Crippen LogP contribution in [0.15, 0.2) is 53.2 Å². The van der Waals surface area contributed by atoms with E-state index in [1.54, 1.807) is 24.5 Å². The summed E-state index contributed by atoms with van der Waals surface area (Å²) in [6, 6.07) is 10.1. The molecule has 0 spiro atoms. The molecule has 0 aliphatic heterocycles. The number of carbonyl (C=O) groups is 1. The predicted octanol–water partition coefficient (Wildman–Crippen LogP) is 6.20. The molecule has 30 heavy (non-hydrogen) atoms. The number of furan rings is 1. The lowest BCUT2D eigenvalue weighted by molar-refractivity contribution is -0.116. The van der Waals surface area contributed by atoms with Gasteiger partial charge in [0.25, 0.3) is 0 Å².